The summed E-state index contributed by atoms with van der Waals surface area (Å²) in [5.74, 6) is 0.481. The van der Waals surface area contributed by atoms with Crippen LogP contribution in [0.5, 0.6) is 0 Å². The smallest absolute Gasteiger partial charge is 0.363 e. The highest BCUT2D eigenvalue weighted by molar-refractivity contribution is 5.98. The molecular formula is C28H25F3N4O. The summed E-state index contributed by atoms with van der Waals surface area (Å²) in [5, 5.41) is 10.9. The quantitative estimate of drug-likeness (QED) is 0.331. The fraction of sp³-hybridized carbons (Fsp3) is 0.214. The molecule has 1 aliphatic heterocycles. The third-order valence-electron chi connectivity index (χ3n) is 6.50. The minimum atomic E-state index is -4.36. The Labute approximate surface area is 207 Å². The van der Waals surface area contributed by atoms with Crippen LogP contribution in [-0.2, 0) is 12.7 Å². The molecule has 1 amide bonds. The zero-order chi connectivity index (χ0) is 25.3. The first kappa shape index (κ1) is 23.7. The van der Waals surface area contributed by atoms with E-state index in [2.05, 4.69) is 34.8 Å². The number of fused-ring (bicyclic) bond motifs is 1. The number of nitrogens with zero attached hydrogens (tertiary/aromatic N) is 2. The number of rotatable bonds is 5. The number of halogens is 3. The van der Waals surface area contributed by atoms with E-state index in [1.54, 1.807) is 6.20 Å². The van der Waals surface area contributed by atoms with Crippen molar-refractivity contribution < 1.29 is 18.0 Å². The molecule has 1 aliphatic rings. The number of carbonyl (C=O) groups is 1. The van der Waals surface area contributed by atoms with E-state index in [0.717, 1.165) is 35.2 Å². The maximum absolute atomic E-state index is 13.0. The summed E-state index contributed by atoms with van der Waals surface area (Å²) < 4.78 is 40.2. The lowest BCUT2D eigenvalue weighted by Gasteiger charge is -2.31. The molecule has 5 nitrogen and oxygen atoms in total. The predicted molar refractivity (Wildman–Crippen MR) is 132 cm³/mol. The van der Waals surface area contributed by atoms with Crippen molar-refractivity contribution >= 4 is 11.7 Å². The second-order valence-corrected chi connectivity index (χ2v) is 9.00. The van der Waals surface area contributed by atoms with Gasteiger partial charge in [0.15, 0.2) is 0 Å². The van der Waals surface area contributed by atoms with Gasteiger partial charge in [0.25, 0.3) is 5.91 Å². The minimum absolute atomic E-state index is 0.0923. The first-order valence-electron chi connectivity index (χ1n) is 11.7. The summed E-state index contributed by atoms with van der Waals surface area (Å²) in [6.45, 7) is 2.40. The highest BCUT2D eigenvalue weighted by Gasteiger charge is 2.30. The topological polar surface area (TPSA) is 59.0 Å². The largest absolute Gasteiger partial charge is 0.416 e. The third kappa shape index (κ3) is 4.84. The molecule has 0 fully saturated rings. The van der Waals surface area contributed by atoms with Gasteiger partial charge in [-0.3, -0.25) is 4.79 Å². The number of carbonyl (C=O) groups excluding carboxylic acids is 1. The molecule has 0 saturated heterocycles. The molecule has 1 aromatic heterocycles. The SMILES string of the molecule is CC1CC(c2ccccc2)Nc2c(C(=O)NCc3ccc(-c4ccc(C(F)(F)F)cc4)cc3)cnn21. The Morgan fingerprint density at radius 1 is 1.00 bits per heavy atom. The van der Waals surface area contributed by atoms with Crippen LogP contribution in [0.1, 0.15) is 52.5 Å². The molecule has 2 N–H and O–H groups in total. The van der Waals surface area contributed by atoms with Gasteiger partial charge in [0.2, 0.25) is 0 Å². The van der Waals surface area contributed by atoms with Gasteiger partial charge in [-0.2, -0.15) is 18.3 Å². The normalized spacial score (nSPS) is 17.2. The fourth-order valence-electron chi connectivity index (χ4n) is 4.52. The predicted octanol–water partition coefficient (Wildman–Crippen LogP) is 6.62. The van der Waals surface area contributed by atoms with Gasteiger partial charge in [0.05, 0.1) is 23.8 Å². The summed E-state index contributed by atoms with van der Waals surface area (Å²) in [5.41, 5.74) is 3.35. The Hall–Kier alpha value is -4.07. The molecule has 2 heterocycles. The minimum Gasteiger partial charge on any atom is -0.363 e. The molecule has 184 valence electrons. The fourth-order valence-corrected chi connectivity index (χ4v) is 4.52. The Balaban J connectivity index is 1.25. The monoisotopic (exact) mass is 490 g/mol. The second kappa shape index (κ2) is 9.53. The lowest BCUT2D eigenvalue weighted by Crippen LogP contribution is -2.28. The van der Waals surface area contributed by atoms with Crippen LogP contribution in [0, 0.1) is 0 Å². The van der Waals surface area contributed by atoms with Gasteiger partial charge in [-0.15, -0.1) is 0 Å². The third-order valence-corrected chi connectivity index (χ3v) is 6.50. The maximum Gasteiger partial charge on any atom is 0.416 e. The zero-order valence-corrected chi connectivity index (χ0v) is 19.6. The molecule has 36 heavy (non-hydrogen) atoms. The summed E-state index contributed by atoms with van der Waals surface area (Å²) in [7, 11) is 0. The lowest BCUT2D eigenvalue weighted by molar-refractivity contribution is -0.137. The molecule has 0 radical (unpaired) electrons. The highest BCUT2D eigenvalue weighted by atomic mass is 19.4. The molecular weight excluding hydrogens is 465 g/mol. The molecule has 3 aromatic carbocycles. The molecule has 2 unspecified atom stereocenters. The molecule has 0 spiro atoms. The van der Waals surface area contributed by atoms with Gasteiger partial charge in [-0.1, -0.05) is 66.7 Å². The molecule has 5 rings (SSSR count). The molecule has 8 heteroatoms. The van der Waals surface area contributed by atoms with Crippen LogP contribution in [0.2, 0.25) is 0 Å². The van der Waals surface area contributed by atoms with E-state index >= 15 is 0 Å². The van der Waals surface area contributed by atoms with Crippen molar-refractivity contribution in [3.05, 3.63) is 107 Å². The standard InChI is InChI=1S/C28H25F3N4O/c1-18-15-25(22-5-3-2-4-6-22)34-26-24(17-33-35(18)26)27(36)32-16-19-7-9-20(10-8-19)21-11-13-23(14-12-21)28(29,30)31/h2-14,17-18,25,34H,15-16H2,1H3,(H,32,36). The average Bonchev–Trinajstić information content (AvgIpc) is 3.32. The van der Waals surface area contributed by atoms with E-state index < -0.39 is 11.7 Å². The van der Waals surface area contributed by atoms with Crippen LogP contribution in [0.15, 0.2) is 85.1 Å². The summed E-state index contributed by atoms with van der Waals surface area (Å²) in [6, 6.07) is 22.8. The Morgan fingerprint density at radius 2 is 1.64 bits per heavy atom. The second-order valence-electron chi connectivity index (χ2n) is 9.00. The van der Waals surface area contributed by atoms with Crippen LogP contribution in [0.3, 0.4) is 0 Å². The van der Waals surface area contributed by atoms with Crippen molar-refractivity contribution in [3.8, 4) is 11.1 Å². The van der Waals surface area contributed by atoms with Crippen molar-refractivity contribution in [1.82, 2.24) is 15.1 Å². The van der Waals surface area contributed by atoms with Crippen LogP contribution in [0.25, 0.3) is 11.1 Å². The summed E-state index contributed by atoms with van der Waals surface area (Å²) >= 11 is 0. The number of nitrogens with one attached hydrogen (secondary N) is 2. The maximum atomic E-state index is 13.0. The molecule has 0 saturated carbocycles. The van der Waals surface area contributed by atoms with E-state index in [1.807, 2.05) is 47.1 Å². The summed E-state index contributed by atoms with van der Waals surface area (Å²) in [6.07, 6.45) is -1.90. The van der Waals surface area contributed by atoms with Gasteiger partial charge in [0, 0.05) is 6.54 Å². The first-order chi connectivity index (χ1) is 17.3. The van der Waals surface area contributed by atoms with Crippen LogP contribution in [-0.4, -0.2) is 15.7 Å². The molecule has 4 aromatic rings. The number of amides is 1. The Bertz CT molecular complexity index is 1350. The van der Waals surface area contributed by atoms with E-state index in [9.17, 15) is 18.0 Å². The van der Waals surface area contributed by atoms with E-state index in [-0.39, 0.29) is 18.0 Å². The van der Waals surface area contributed by atoms with Crippen molar-refractivity contribution in [3.63, 3.8) is 0 Å². The van der Waals surface area contributed by atoms with Crippen molar-refractivity contribution in [2.75, 3.05) is 5.32 Å². The number of alkyl halides is 3. The van der Waals surface area contributed by atoms with Gasteiger partial charge in [0.1, 0.15) is 11.4 Å². The number of benzene rings is 3. The zero-order valence-electron chi connectivity index (χ0n) is 19.6. The van der Waals surface area contributed by atoms with E-state index in [1.165, 1.54) is 12.1 Å². The van der Waals surface area contributed by atoms with Crippen LogP contribution < -0.4 is 10.6 Å². The first-order valence-corrected chi connectivity index (χ1v) is 11.7. The number of aromatic nitrogens is 2. The van der Waals surface area contributed by atoms with E-state index in [4.69, 9.17) is 0 Å². The highest BCUT2D eigenvalue weighted by Crippen LogP contribution is 2.36. The van der Waals surface area contributed by atoms with E-state index in [0.29, 0.717) is 23.5 Å². The van der Waals surface area contributed by atoms with Crippen molar-refractivity contribution in [2.24, 2.45) is 0 Å². The summed E-state index contributed by atoms with van der Waals surface area (Å²) in [4.78, 5) is 13.0. The molecule has 0 aliphatic carbocycles. The average molecular weight is 491 g/mol. The Morgan fingerprint density at radius 3 is 2.28 bits per heavy atom. The lowest BCUT2D eigenvalue weighted by atomic mass is 9.98. The number of hydrogen-bond donors (Lipinski definition) is 2. The molecule has 0 bridgehead atoms. The number of hydrogen-bond acceptors (Lipinski definition) is 3. The molecule has 2 atom stereocenters. The number of anilines is 1. The van der Waals surface area contributed by atoms with Gasteiger partial charge in [-0.25, -0.2) is 4.68 Å². The van der Waals surface area contributed by atoms with Crippen LogP contribution in [0.4, 0.5) is 19.0 Å². The van der Waals surface area contributed by atoms with Gasteiger partial charge in [-0.05, 0) is 47.7 Å². The van der Waals surface area contributed by atoms with Gasteiger partial charge >= 0.3 is 6.18 Å². The van der Waals surface area contributed by atoms with Crippen molar-refractivity contribution in [2.45, 2.75) is 38.1 Å². The Kier molecular flexibility index (Phi) is 6.26. The van der Waals surface area contributed by atoms with Crippen molar-refractivity contribution in [1.29, 1.82) is 0 Å². The van der Waals surface area contributed by atoms with Crippen LogP contribution >= 0.6 is 0 Å². The van der Waals surface area contributed by atoms with Gasteiger partial charge < -0.3 is 10.6 Å².